The molecule has 0 nitrogen and oxygen atoms in total. The summed E-state index contributed by atoms with van der Waals surface area (Å²) >= 11 is 4.22. The molecule has 56 valence electrons. The SMILES string of the molecule is CC.SCC1CCCC1. The topological polar surface area (TPSA) is 0 Å². The lowest BCUT2D eigenvalue weighted by molar-refractivity contribution is 0.625. The highest BCUT2D eigenvalue weighted by molar-refractivity contribution is 7.80. The van der Waals surface area contributed by atoms with Crippen LogP contribution in [0.4, 0.5) is 0 Å². The molecule has 0 amide bonds. The molecule has 0 saturated heterocycles. The minimum Gasteiger partial charge on any atom is -0.179 e. The number of hydrogen-bond donors (Lipinski definition) is 1. The second-order valence-electron chi connectivity index (χ2n) is 2.33. The molecular weight excluding hydrogens is 128 g/mol. The van der Waals surface area contributed by atoms with Gasteiger partial charge in [0.05, 0.1) is 0 Å². The van der Waals surface area contributed by atoms with Gasteiger partial charge in [-0.05, 0) is 24.5 Å². The average molecular weight is 146 g/mol. The Morgan fingerprint density at radius 3 is 1.89 bits per heavy atom. The smallest absolute Gasteiger partial charge is 0.00695 e. The zero-order valence-corrected chi connectivity index (χ0v) is 7.45. The summed E-state index contributed by atoms with van der Waals surface area (Å²) in [5.74, 6) is 2.07. The first kappa shape index (κ1) is 9.35. The summed E-state index contributed by atoms with van der Waals surface area (Å²) in [4.78, 5) is 0. The van der Waals surface area contributed by atoms with E-state index in [1.807, 2.05) is 13.8 Å². The normalized spacial score (nSPS) is 19.0. The van der Waals surface area contributed by atoms with Gasteiger partial charge in [0, 0.05) is 0 Å². The third-order valence-corrected chi connectivity index (χ3v) is 2.25. The van der Waals surface area contributed by atoms with Gasteiger partial charge in [0.2, 0.25) is 0 Å². The van der Waals surface area contributed by atoms with Crippen LogP contribution in [-0.4, -0.2) is 5.75 Å². The van der Waals surface area contributed by atoms with Crippen molar-refractivity contribution in [3.8, 4) is 0 Å². The van der Waals surface area contributed by atoms with Gasteiger partial charge in [0.1, 0.15) is 0 Å². The molecule has 0 aromatic rings. The molecule has 9 heavy (non-hydrogen) atoms. The molecule has 1 fully saturated rings. The van der Waals surface area contributed by atoms with Gasteiger partial charge >= 0.3 is 0 Å². The first-order valence-electron chi connectivity index (χ1n) is 4.04. The van der Waals surface area contributed by atoms with Crippen LogP contribution in [0.5, 0.6) is 0 Å². The number of rotatable bonds is 1. The van der Waals surface area contributed by atoms with Gasteiger partial charge in [-0.3, -0.25) is 0 Å². The van der Waals surface area contributed by atoms with Gasteiger partial charge in [-0.2, -0.15) is 12.6 Å². The molecule has 1 saturated carbocycles. The molecule has 0 heterocycles. The Balaban J connectivity index is 0.000000291. The van der Waals surface area contributed by atoms with Gasteiger partial charge in [0.25, 0.3) is 0 Å². The van der Waals surface area contributed by atoms with E-state index in [0.29, 0.717) is 0 Å². The summed E-state index contributed by atoms with van der Waals surface area (Å²) in [5.41, 5.74) is 0. The number of thiol groups is 1. The van der Waals surface area contributed by atoms with Crippen molar-refractivity contribution in [3.05, 3.63) is 0 Å². The third kappa shape index (κ3) is 3.85. The van der Waals surface area contributed by atoms with E-state index in [0.717, 1.165) is 11.7 Å². The monoisotopic (exact) mass is 146 g/mol. The van der Waals surface area contributed by atoms with E-state index in [4.69, 9.17) is 0 Å². The van der Waals surface area contributed by atoms with Crippen LogP contribution in [0, 0.1) is 5.92 Å². The molecule has 0 aliphatic heterocycles. The Morgan fingerprint density at radius 1 is 1.22 bits per heavy atom. The van der Waals surface area contributed by atoms with Gasteiger partial charge in [-0.15, -0.1) is 0 Å². The molecule has 0 aromatic heterocycles. The minimum atomic E-state index is 0.961. The molecule has 0 spiro atoms. The van der Waals surface area contributed by atoms with Crippen molar-refractivity contribution in [3.63, 3.8) is 0 Å². The molecule has 0 N–H and O–H groups in total. The summed E-state index contributed by atoms with van der Waals surface area (Å²) in [5, 5.41) is 0. The van der Waals surface area contributed by atoms with Crippen molar-refractivity contribution in [2.45, 2.75) is 39.5 Å². The maximum atomic E-state index is 4.22. The van der Waals surface area contributed by atoms with Gasteiger partial charge in [0.15, 0.2) is 0 Å². The van der Waals surface area contributed by atoms with E-state index in [1.165, 1.54) is 25.7 Å². The van der Waals surface area contributed by atoms with Crippen molar-refractivity contribution in [2.24, 2.45) is 5.92 Å². The lowest BCUT2D eigenvalue weighted by Crippen LogP contribution is -1.91. The molecule has 0 bridgehead atoms. The molecule has 0 aromatic carbocycles. The lowest BCUT2D eigenvalue weighted by atomic mass is 10.1. The summed E-state index contributed by atoms with van der Waals surface area (Å²) in [6.07, 6.45) is 5.77. The van der Waals surface area contributed by atoms with E-state index in [9.17, 15) is 0 Å². The Kier molecular flexibility index (Phi) is 6.72. The van der Waals surface area contributed by atoms with Crippen LogP contribution in [0.1, 0.15) is 39.5 Å². The molecule has 0 radical (unpaired) electrons. The van der Waals surface area contributed by atoms with Crippen LogP contribution in [0.2, 0.25) is 0 Å². The van der Waals surface area contributed by atoms with Crippen molar-refractivity contribution in [1.82, 2.24) is 0 Å². The fourth-order valence-electron chi connectivity index (χ4n) is 1.19. The minimum absolute atomic E-state index is 0.961. The maximum Gasteiger partial charge on any atom is -0.00695 e. The Morgan fingerprint density at radius 2 is 1.67 bits per heavy atom. The van der Waals surface area contributed by atoms with Gasteiger partial charge in [-0.25, -0.2) is 0 Å². The molecule has 1 heteroatoms. The first-order chi connectivity index (χ1) is 4.43. The van der Waals surface area contributed by atoms with Crippen molar-refractivity contribution < 1.29 is 0 Å². The van der Waals surface area contributed by atoms with Crippen LogP contribution in [0.15, 0.2) is 0 Å². The van der Waals surface area contributed by atoms with E-state index < -0.39 is 0 Å². The number of hydrogen-bond acceptors (Lipinski definition) is 1. The molecule has 0 unspecified atom stereocenters. The van der Waals surface area contributed by atoms with Crippen molar-refractivity contribution >= 4 is 12.6 Å². The standard InChI is InChI=1S/C6H12S.C2H6/c7-5-6-3-1-2-4-6;1-2/h6-7H,1-5H2;1-2H3. The highest BCUT2D eigenvalue weighted by Gasteiger charge is 2.11. The van der Waals surface area contributed by atoms with Crippen molar-refractivity contribution in [2.75, 3.05) is 5.75 Å². The van der Waals surface area contributed by atoms with Gasteiger partial charge in [-0.1, -0.05) is 26.7 Å². The van der Waals surface area contributed by atoms with Crippen LogP contribution < -0.4 is 0 Å². The van der Waals surface area contributed by atoms with Crippen molar-refractivity contribution in [1.29, 1.82) is 0 Å². The largest absolute Gasteiger partial charge is 0.179 e. The summed E-state index contributed by atoms with van der Waals surface area (Å²) in [6, 6.07) is 0. The second kappa shape index (κ2) is 6.47. The summed E-state index contributed by atoms with van der Waals surface area (Å²) in [6.45, 7) is 4.00. The van der Waals surface area contributed by atoms with Crippen LogP contribution in [0.25, 0.3) is 0 Å². The molecule has 1 aliphatic rings. The Labute approximate surface area is 64.4 Å². The quantitative estimate of drug-likeness (QED) is 0.540. The third-order valence-electron chi connectivity index (χ3n) is 1.73. The molecule has 1 rings (SSSR count). The maximum absolute atomic E-state index is 4.22. The van der Waals surface area contributed by atoms with E-state index >= 15 is 0 Å². The average Bonchev–Trinajstić information content (AvgIpc) is 2.43. The summed E-state index contributed by atoms with van der Waals surface area (Å²) < 4.78 is 0. The fraction of sp³-hybridized carbons (Fsp3) is 1.00. The lowest BCUT2D eigenvalue weighted by Gasteiger charge is -1.99. The van der Waals surface area contributed by atoms with E-state index in [1.54, 1.807) is 0 Å². The predicted octanol–water partition coefficient (Wildman–Crippen LogP) is 3.13. The zero-order chi connectivity index (χ0) is 7.11. The van der Waals surface area contributed by atoms with Crippen LogP contribution in [0.3, 0.4) is 0 Å². The zero-order valence-electron chi connectivity index (χ0n) is 6.56. The highest BCUT2D eigenvalue weighted by Crippen LogP contribution is 2.24. The Bertz CT molecular complexity index is 46.5. The first-order valence-corrected chi connectivity index (χ1v) is 4.67. The van der Waals surface area contributed by atoms with E-state index in [-0.39, 0.29) is 0 Å². The Hall–Kier alpha value is 0.350. The molecular formula is C8H18S. The highest BCUT2D eigenvalue weighted by atomic mass is 32.1. The fourth-order valence-corrected chi connectivity index (χ4v) is 1.56. The molecule has 0 atom stereocenters. The molecule has 1 aliphatic carbocycles. The van der Waals surface area contributed by atoms with Crippen LogP contribution in [-0.2, 0) is 0 Å². The van der Waals surface area contributed by atoms with Gasteiger partial charge < -0.3 is 0 Å². The van der Waals surface area contributed by atoms with Crippen LogP contribution >= 0.6 is 12.6 Å². The predicted molar refractivity (Wildman–Crippen MR) is 47.2 cm³/mol. The summed E-state index contributed by atoms with van der Waals surface area (Å²) in [7, 11) is 0. The van der Waals surface area contributed by atoms with E-state index in [2.05, 4.69) is 12.6 Å². The second-order valence-corrected chi connectivity index (χ2v) is 2.70.